The van der Waals surface area contributed by atoms with Crippen molar-refractivity contribution >= 4 is 28.3 Å². The quantitative estimate of drug-likeness (QED) is 0.723. The van der Waals surface area contributed by atoms with Crippen LogP contribution in [0.25, 0.3) is 11.0 Å². The smallest absolute Gasteiger partial charge is 0.230 e. The zero-order valence-electron chi connectivity index (χ0n) is 11.6. The fraction of sp³-hybridized carbons (Fsp3) is 0.125. The van der Waals surface area contributed by atoms with Crippen LogP contribution < -0.4 is 11.1 Å². The maximum Gasteiger partial charge on any atom is 0.230 e. The number of hydrogen-bond acceptors (Lipinski definition) is 4. The average molecular weight is 281 g/mol. The van der Waals surface area contributed by atoms with E-state index < -0.39 is 0 Å². The zero-order chi connectivity index (χ0) is 14.8. The number of amides is 1. The van der Waals surface area contributed by atoms with Gasteiger partial charge in [-0.2, -0.15) is 0 Å². The molecule has 0 radical (unpaired) electrons. The lowest BCUT2D eigenvalue weighted by molar-refractivity contribution is -0.115. The molecule has 0 spiro atoms. The molecular weight excluding hydrogens is 266 g/mol. The predicted molar refractivity (Wildman–Crippen MR) is 81.9 cm³/mol. The Morgan fingerprint density at radius 3 is 2.86 bits per heavy atom. The van der Waals surface area contributed by atoms with Crippen molar-refractivity contribution in [2.45, 2.75) is 13.3 Å². The van der Waals surface area contributed by atoms with Crippen molar-refractivity contribution in [1.82, 2.24) is 5.16 Å². The molecule has 1 amide bonds. The minimum absolute atomic E-state index is 0.144. The summed E-state index contributed by atoms with van der Waals surface area (Å²) in [5.41, 5.74) is 9.30. The third-order valence-electron chi connectivity index (χ3n) is 3.35. The fourth-order valence-electron chi connectivity index (χ4n) is 2.26. The minimum Gasteiger partial charge on any atom is -0.397 e. The molecule has 5 nitrogen and oxygen atoms in total. The van der Waals surface area contributed by atoms with Crippen molar-refractivity contribution in [3.63, 3.8) is 0 Å². The number of fused-ring (bicyclic) bond motifs is 1. The molecule has 0 aliphatic carbocycles. The van der Waals surface area contributed by atoms with Gasteiger partial charge in [-0.25, -0.2) is 0 Å². The zero-order valence-corrected chi connectivity index (χ0v) is 11.6. The molecule has 0 unspecified atom stereocenters. The summed E-state index contributed by atoms with van der Waals surface area (Å²) in [6.07, 6.45) is 0.144. The van der Waals surface area contributed by atoms with E-state index in [0.29, 0.717) is 22.7 Å². The highest BCUT2D eigenvalue weighted by Crippen LogP contribution is 2.23. The summed E-state index contributed by atoms with van der Waals surface area (Å²) in [5, 5.41) is 7.64. The van der Waals surface area contributed by atoms with Crippen LogP contribution in [0.15, 0.2) is 47.0 Å². The van der Waals surface area contributed by atoms with Crippen molar-refractivity contribution < 1.29 is 9.32 Å². The predicted octanol–water partition coefficient (Wildman–Crippen LogP) is 2.90. The van der Waals surface area contributed by atoms with Crippen LogP contribution >= 0.6 is 0 Å². The number of anilines is 2. The van der Waals surface area contributed by atoms with Crippen LogP contribution in [0.4, 0.5) is 11.4 Å². The van der Waals surface area contributed by atoms with Gasteiger partial charge in [0.15, 0.2) is 5.58 Å². The normalized spacial score (nSPS) is 10.7. The molecule has 5 heteroatoms. The second-order valence-corrected chi connectivity index (χ2v) is 4.89. The van der Waals surface area contributed by atoms with Crippen LogP contribution in [-0.2, 0) is 11.2 Å². The van der Waals surface area contributed by atoms with Crippen molar-refractivity contribution in [1.29, 1.82) is 0 Å². The molecular formula is C16H15N3O2. The number of nitrogens with one attached hydrogen (secondary N) is 1. The van der Waals surface area contributed by atoms with Gasteiger partial charge in [-0.1, -0.05) is 29.4 Å². The summed E-state index contributed by atoms with van der Waals surface area (Å²) in [4.78, 5) is 12.2. The van der Waals surface area contributed by atoms with Gasteiger partial charge in [0.25, 0.3) is 0 Å². The molecule has 0 atom stereocenters. The first-order chi connectivity index (χ1) is 10.1. The largest absolute Gasteiger partial charge is 0.397 e. The van der Waals surface area contributed by atoms with E-state index in [9.17, 15) is 4.79 Å². The highest BCUT2D eigenvalue weighted by Gasteiger charge is 2.13. The van der Waals surface area contributed by atoms with Gasteiger partial charge in [0.05, 0.1) is 17.8 Å². The van der Waals surface area contributed by atoms with Crippen LogP contribution in [-0.4, -0.2) is 11.1 Å². The first-order valence-corrected chi connectivity index (χ1v) is 6.63. The topological polar surface area (TPSA) is 81.1 Å². The lowest BCUT2D eigenvalue weighted by atomic mass is 10.1. The Morgan fingerprint density at radius 1 is 1.24 bits per heavy atom. The molecule has 0 fully saturated rings. The molecule has 1 aromatic heterocycles. The number of hydrogen-bond donors (Lipinski definition) is 2. The summed E-state index contributed by atoms with van der Waals surface area (Å²) in [7, 11) is 0. The molecule has 3 rings (SSSR count). The van der Waals surface area contributed by atoms with Crippen molar-refractivity contribution in [2.75, 3.05) is 11.1 Å². The first-order valence-electron chi connectivity index (χ1n) is 6.63. The molecule has 0 saturated carbocycles. The van der Waals surface area contributed by atoms with E-state index in [1.165, 1.54) is 0 Å². The van der Waals surface area contributed by atoms with E-state index in [2.05, 4.69) is 10.5 Å². The van der Waals surface area contributed by atoms with Gasteiger partial charge < -0.3 is 15.6 Å². The third-order valence-corrected chi connectivity index (χ3v) is 3.35. The van der Waals surface area contributed by atoms with Crippen molar-refractivity contribution in [3.8, 4) is 0 Å². The summed E-state index contributed by atoms with van der Waals surface area (Å²) < 4.78 is 5.19. The van der Waals surface area contributed by atoms with E-state index in [4.69, 9.17) is 10.3 Å². The van der Waals surface area contributed by atoms with Gasteiger partial charge in [-0.05, 0) is 30.7 Å². The molecule has 21 heavy (non-hydrogen) atoms. The molecule has 106 valence electrons. The van der Waals surface area contributed by atoms with Crippen LogP contribution in [0.2, 0.25) is 0 Å². The van der Waals surface area contributed by atoms with Gasteiger partial charge in [0.2, 0.25) is 5.91 Å². The summed E-state index contributed by atoms with van der Waals surface area (Å²) >= 11 is 0. The molecule has 0 bridgehead atoms. The number of nitrogens with zero attached hydrogens (tertiary/aromatic N) is 1. The Bertz CT molecular complexity index is 788. The standard InChI is InChI=1S/C16H15N3O2/c1-10-5-4-7-12(17)16(10)18-15(20)9-13-11-6-2-3-8-14(11)21-19-13/h2-8H,9,17H2,1H3,(H,18,20). The van der Waals surface area contributed by atoms with Crippen LogP contribution in [0.5, 0.6) is 0 Å². The SMILES string of the molecule is Cc1cccc(N)c1NC(=O)Cc1noc2ccccc12. The van der Waals surface area contributed by atoms with Crippen molar-refractivity contribution in [2.24, 2.45) is 0 Å². The Labute approximate surface area is 121 Å². The maximum atomic E-state index is 12.2. The molecule has 0 saturated heterocycles. The number of aromatic nitrogens is 1. The Balaban J connectivity index is 1.81. The van der Waals surface area contributed by atoms with Crippen molar-refractivity contribution in [3.05, 3.63) is 53.7 Å². The second kappa shape index (κ2) is 5.28. The fourth-order valence-corrected chi connectivity index (χ4v) is 2.26. The number of nitrogens with two attached hydrogens (primary N) is 1. The van der Waals surface area contributed by atoms with Gasteiger partial charge >= 0.3 is 0 Å². The van der Waals surface area contributed by atoms with Crippen LogP contribution in [0.1, 0.15) is 11.3 Å². The molecule has 3 N–H and O–H groups in total. The number of carbonyl (C=O) groups is 1. The van der Waals surface area contributed by atoms with Gasteiger partial charge in [0.1, 0.15) is 5.69 Å². The van der Waals surface area contributed by atoms with Crippen LogP contribution in [0.3, 0.4) is 0 Å². The highest BCUT2D eigenvalue weighted by molar-refractivity contribution is 5.97. The van der Waals surface area contributed by atoms with Gasteiger partial charge in [-0.3, -0.25) is 4.79 Å². The highest BCUT2D eigenvalue weighted by atomic mass is 16.5. The molecule has 3 aromatic rings. The first kappa shape index (κ1) is 13.2. The molecule has 0 aliphatic rings. The number of carbonyl (C=O) groups excluding carboxylic acids is 1. The van der Waals surface area contributed by atoms with Crippen LogP contribution in [0, 0.1) is 6.92 Å². The lowest BCUT2D eigenvalue weighted by Crippen LogP contribution is -2.16. The number of para-hydroxylation sites is 2. The molecule has 1 heterocycles. The van der Waals surface area contributed by atoms with E-state index in [-0.39, 0.29) is 12.3 Å². The summed E-state index contributed by atoms with van der Waals surface area (Å²) in [6, 6.07) is 13.0. The average Bonchev–Trinajstić information content (AvgIpc) is 2.87. The Morgan fingerprint density at radius 2 is 2.05 bits per heavy atom. The minimum atomic E-state index is -0.171. The van der Waals surface area contributed by atoms with Gasteiger partial charge in [-0.15, -0.1) is 0 Å². The number of rotatable bonds is 3. The van der Waals surface area contributed by atoms with Gasteiger partial charge in [0, 0.05) is 5.39 Å². The Hall–Kier alpha value is -2.82. The summed E-state index contributed by atoms with van der Waals surface area (Å²) in [6.45, 7) is 1.90. The second-order valence-electron chi connectivity index (χ2n) is 4.89. The number of nitrogen functional groups attached to an aromatic ring is 1. The Kier molecular flexibility index (Phi) is 3.31. The number of aryl methyl sites for hydroxylation is 1. The maximum absolute atomic E-state index is 12.2. The van der Waals surface area contributed by atoms with E-state index in [1.807, 2.05) is 43.3 Å². The molecule has 2 aromatic carbocycles. The summed E-state index contributed by atoms with van der Waals surface area (Å²) in [5.74, 6) is -0.171. The van der Waals surface area contributed by atoms with E-state index in [0.717, 1.165) is 10.9 Å². The monoisotopic (exact) mass is 281 g/mol. The number of benzene rings is 2. The van der Waals surface area contributed by atoms with E-state index in [1.54, 1.807) is 6.07 Å². The third kappa shape index (κ3) is 2.58. The van der Waals surface area contributed by atoms with E-state index >= 15 is 0 Å². The lowest BCUT2D eigenvalue weighted by Gasteiger charge is -2.10. The molecule has 0 aliphatic heterocycles.